The summed E-state index contributed by atoms with van der Waals surface area (Å²) in [5.74, 6) is -0.943. The van der Waals surface area contributed by atoms with Gasteiger partial charge in [0.1, 0.15) is 0 Å². The van der Waals surface area contributed by atoms with E-state index >= 15 is 0 Å². The predicted molar refractivity (Wildman–Crippen MR) is 65.0 cm³/mol. The van der Waals surface area contributed by atoms with Crippen molar-refractivity contribution in [3.8, 4) is 0 Å². The maximum absolute atomic E-state index is 13.1. The average Bonchev–Trinajstić information content (AvgIpc) is 2.17. The lowest BCUT2D eigenvalue weighted by Gasteiger charge is -2.20. The Kier molecular flexibility index (Phi) is 3.85. The van der Waals surface area contributed by atoms with Crippen LogP contribution in [-0.4, -0.2) is 16.5 Å². The van der Waals surface area contributed by atoms with Crippen LogP contribution in [0.3, 0.4) is 0 Å². The summed E-state index contributed by atoms with van der Waals surface area (Å²) in [6, 6.07) is 2.65. The molecule has 0 saturated heterocycles. The second kappa shape index (κ2) is 4.99. The Bertz CT molecular complexity index is 483. The molecule has 0 bridgehead atoms. The number of urea groups is 1. The van der Waals surface area contributed by atoms with Gasteiger partial charge in [0, 0.05) is 17.3 Å². The Hall–Kier alpha value is -2.18. The molecule has 0 atom stereocenters. The van der Waals surface area contributed by atoms with E-state index in [1.54, 1.807) is 20.8 Å². The number of benzene rings is 1. The van der Waals surface area contributed by atoms with Gasteiger partial charge in [-0.2, -0.15) is 4.39 Å². The minimum atomic E-state index is -0.943. The molecule has 1 rings (SSSR count). The third kappa shape index (κ3) is 4.00. The number of nitrogens with one attached hydrogen (secondary N) is 2. The molecule has 7 heteroatoms. The molecule has 0 radical (unpaired) electrons. The highest BCUT2D eigenvalue weighted by molar-refractivity contribution is 5.90. The number of nitrogens with zero attached hydrogens (tertiary/aromatic N) is 1. The fraction of sp³-hybridized carbons (Fsp3) is 0.364. The van der Waals surface area contributed by atoms with Crippen LogP contribution in [0, 0.1) is 15.9 Å². The Morgan fingerprint density at radius 2 is 2.00 bits per heavy atom. The first-order valence-corrected chi connectivity index (χ1v) is 5.22. The Labute approximate surface area is 103 Å². The van der Waals surface area contributed by atoms with Gasteiger partial charge in [0.15, 0.2) is 0 Å². The lowest BCUT2D eigenvalue weighted by Crippen LogP contribution is -2.43. The van der Waals surface area contributed by atoms with Crippen molar-refractivity contribution in [2.75, 3.05) is 5.32 Å². The maximum Gasteiger partial charge on any atom is 0.319 e. The molecule has 0 saturated carbocycles. The summed E-state index contributed by atoms with van der Waals surface area (Å²) in [4.78, 5) is 21.2. The summed E-state index contributed by atoms with van der Waals surface area (Å²) in [7, 11) is 0. The Morgan fingerprint density at radius 1 is 1.39 bits per heavy atom. The van der Waals surface area contributed by atoms with Crippen LogP contribution in [0.25, 0.3) is 0 Å². The first kappa shape index (κ1) is 13.9. The predicted octanol–water partition coefficient (Wildman–Crippen LogP) is 2.65. The van der Waals surface area contributed by atoms with Crippen molar-refractivity contribution in [3.63, 3.8) is 0 Å². The fourth-order valence-corrected chi connectivity index (χ4v) is 1.23. The molecular weight excluding hydrogens is 241 g/mol. The lowest BCUT2D eigenvalue weighted by atomic mass is 10.1. The molecule has 2 amide bonds. The Morgan fingerprint density at radius 3 is 2.50 bits per heavy atom. The van der Waals surface area contributed by atoms with Gasteiger partial charge in [-0.15, -0.1) is 0 Å². The van der Waals surface area contributed by atoms with Gasteiger partial charge in [-0.25, -0.2) is 4.79 Å². The molecule has 98 valence electrons. The molecule has 0 aliphatic heterocycles. The summed E-state index contributed by atoms with van der Waals surface area (Å²) in [5, 5.41) is 15.5. The fourth-order valence-electron chi connectivity index (χ4n) is 1.23. The third-order valence-corrected chi connectivity index (χ3v) is 1.89. The van der Waals surface area contributed by atoms with Gasteiger partial charge in [-0.3, -0.25) is 10.1 Å². The molecule has 0 spiro atoms. The number of anilines is 1. The van der Waals surface area contributed by atoms with E-state index in [9.17, 15) is 19.3 Å². The van der Waals surface area contributed by atoms with Gasteiger partial charge < -0.3 is 10.6 Å². The van der Waals surface area contributed by atoms with Gasteiger partial charge in [0.2, 0.25) is 5.82 Å². The minimum absolute atomic E-state index is 0.157. The Balaban J connectivity index is 2.83. The number of rotatable bonds is 2. The van der Waals surface area contributed by atoms with E-state index in [1.165, 1.54) is 6.07 Å². The van der Waals surface area contributed by atoms with Crippen LogP contribution in [0.4, 0.5) is 20.6 Å². The van der Waals surface area contributed by atoms with Crippen LogP contribution in [0.2, 0.25) is 0 Å². The van der Waals surface area contributed by atoms with E-state index in [0.717, 1.165) is 12.1 Å². The second-order valence-corrected chi connectivity index (χ2v) is 4.75. The largest absolute Gasteiger partial charge is 0.333 e. The van der Waals surface area contributed by atoms with E-state index in [0.29, 0.717) is 0 Å². The van der Waals surface area contributed by atoms with Crippen molar-refractivity contribution in [2.45, 2.75) is 26.3 Å². The lowest BCUT2D eigenvalue weighted by molar-refractivity contribution is -0.387. The van der Waals surface area contributed by atoms with Crippen LogP contribution in [0.5, 0.6) is 0 Å². The number of halogens is 1. The summed E-state index contributed by atoms with van der Waals surface area (Å²) >= 11 is 0. The van der Waals surface area contributed by atoms with Crippen LogP contribution < -0.4 is 10.6 Å². The van der Waals surface area contributed by atoms with E-state index in [2.05, 4.69) is 10.6 Å². The van der Waals surface area contributed by atoms with Gasteiger partial charge >= 0.3 is 11.7 Å². The van der Waals surface area contributed by atoms with E-state index in [4.69, 9.17) is 0 Å². The number of amides is 2. The quantitative estimate of drug-likeness (QED) is 0.629. The molecule has 1 aromatic rings. The van der Waals surface area contributed by atoms with Crippen molar-refractivity contribution in [3.05, 3.63) is 34.1 Å². The van der Waals surface area contributed by atoms with Crippen molar-refractivity contribution >= 4 is 17.4 Å². The van der Waals surface area contributed by atoms with E-state index < -0.39 is 28.0 Å². The summed E-state index contributed by atoms with van der Waals surface area (Å²) in [5.41, 5.74) is -0.954. The highest BCUT2D eigenvalue weighted by Crippen LogP contribution is 2.21. The highest BCUT2D eigenvalue weighted by atomic mass is 19.1. The molecule has 0 heterocycles. The second-order valence-electron chi connectivity index (χ2n) is 4.75. The molecule has 0 aromatic heterocycles. The molecular formula is C11H14FN3O3. The standard InChI is InChI=1S/C11H14FN3O3/c1-11(2,3)14-10(16)13-7-4-5-8(12)9(6-7)15(17)18/h4-6H,1-3H3,(H2,13,14,16). The average molecular weight is 255 g/mol. The van der Waals surface area contributed by atoms with E-state index in [1.807, 2.05) is 0 Å². The molecule has 0 unspecified atom stereocenters. The number of hydrogen-bond acceptors (Lipinski definition) is 3. The summed E-state index contributed by atoms with van der Waals surface area (Å²) in [6.45, 7) is 5.37. The summed E-state index contributed by atoms with van der Waals surface area (Å²) < 4.78 is 13.1. The highest BCUT2D eigenvalue weighted by Gasteiger charge is 2.17. The van der Waals surface area contributed by atoms with Crippen LogP contribution in [0.1, 0.15) is 20.8 Å². The van der Waals surface area contributed by atoms with Crippen molar-refractivity contribution in [1.82, 2.24) is 5.32 Å². The first-order valence-electron chi connectivity index (χ1n) is 5.22. The first-order chi connectivity index (χ1) is 8.19. The van der Waals surface area contributed by atoms with Gasteiger partial charge in [0.05, 0.1) is 4.92 Å². The molecule has 18 heavy (non-hydrogen) atoms. The molecule has 1 aromatic carbocycles. The van der Waals surface area contributed by atoms with Crippen molar-refractivity contribution in [1.29, 1.82) is 0 Å². The molecule has 2 N–H and O–H groups in total. The molecule has 6 nitrogen and oxygen atoms in total. The van der Waals surface area contributed by atoms with Crippen LogP contribution >= 0.6 is 0 Å². The van der Waals surface area contributed by atoms with Crippen molar-refractivity contribution in [2.24, 2.45) is 0 Å². The maximum atomic E-state index is 13.1. The SMILES string of the molecule is CC(C)(C)NC(=O)Nc1ccc(F)c([N+](=O)[O-])c1. The number of hydrogen-bond donors (Lipinski definition) is 2. The number of nitro groups is 1. The topological polar surface area (TPSA) is 84.3 Å². The zero-order valence-corrected chi connectivity index (χ0v) is 10.3. The smallest absolute Gasteiger partial charge is 0.319 e. The van der Waals surface area contributed by atoms with Crippen LogP contribution in [-0.2, 0) is 0 Å². The third-order valence-electron chi connectivity index (χ3n) is 1.89. The summed E-state index contributed by atoms with van der Waals surface area (Å²) in [6.07, 6.45) is 0. The normalized spacial score (nSPS) is 10.9. The molecule has 0 aliphatic carbocycles. The van der Waals surface area contributed by atoms with E-state index in [-0.39, 0.29) is 5.69 Å². The molecule has 0 aliphatic rings. The molecule has 0 fully saturated rings. The zero-order valence-electron chi connectivity index (χ0n) is 10.3. The van der Waals surface area contributed by atoms with Crippen LogP contribution in [0.15, 0.2) is 18.2 Å². The van der Waals surface area contributed by atoms with Gasteiger partial charge in [0.25, 0.3) is 0 Å². The number of carbonyl (C=O) groups excluding carboxylic acids is 1. The monoisotopic (exact) mass is 255 g/mol. The van der Waals surface area contributed by atoms with Crippen molar-refractivity contribution < 1.29 is 14.1 Å². The minimum Gasteiger partial charge on any atom is -0.333 e. The van der Waals surface area contributed by atoms with Gasteiger partial charge in [-0.1, -0.05) is 0 Å². The zero-order chi connectivity index (χ0) is 13.9. The number of nitro benzene ring substituents is 1. The van der Waals surface area contributed by atoms with Gasteiger partial charge in [-0.05, 0) is 32.9 Å². The number of carbonyl (C=O) groups is 1.